The number of pyridine rings is 2. The summed E-state index contributed by atoms with van der Waals surface area (Å²) in [5.41, 5.74) is 6.02. The molecule has 34 heavy (non-hydrogen) atoms. The number of nitrogens with zero attached hydrogens (tertiary/aromatic N) is 4. The minimum atomic E-state index is -0.110. The van der Waals surface area contributed by atoms with Crippen molar-refractivity contribution in [3.8, 4) is 5.69 Å². The van der Waals surface area contributed by atoms with Crippen LogP contribution in [0.4, 0.5) is 0 Å². The fourth-order valence-electron chi connectivity index (χ4n) is 4.70. The molecular formula is C26H23Cl2N5S. The van der Waals surface area contributed by atoms with E-state index in [1.807, 2.05) is 54.7 Å². The lowest BCUT2D eigenvalue weighted by Crippen LogP contribution is -2.29. The second-order valence-corrected chi connectivity index (χ2v) is 9.48. The maximum absolute atomic E-state index is 6.61. The fraction of sp³-hybridized carbons (Fsp3) is 0.192. The van der Waals surface area contributed by atoms with Gasteiger partial charge in [0.05, 0.1) is 45.7 Å². The highest BCUT2D eigenvalue weighted by Crippen LogP contribution is 2.42. The zero-order valence-electron chi connectivity index (χ0n) is 18.7. The summed E-state index contributed by atoms with van der Waals surface area (Å²) in [5, 5.41) is 5.25. The average molecular weight is 508 g/mol. The molecular weight excluding hydrogens is 485 g/mol. The third kappa shape index (κ3) is 4.06. The predicted molar refractivity (Wildman–Crippen MR) is 140 cm³/mol. The molecule has 1 saturated heterocycles. The van der Waals surface area contributed by atoms with Crippen molar-refractivity contribution in [1.29, 1.82) is 0 Å². The highest BCUT2D eigenvalue weighted by molar-refractivity contribution is 7.80. The Morgan fingerprint density at radius 3 is 2.44 bits per heavy atom. The molecule has 5 rings (SSSR count). The Labute approximate surface area is 214 Å². The molecule has 0 saturated carbocycles. The molecule has 0 radical (unpaired) electrons. The minimum absolute atomic E-state index is 0.0812. The lowest BCUT2D eigenvalue weighted by atomic mass is 9.96. The van der Waals surface area contributed by atoms with Crippen molar-refractivity contribution in [3.63, 3.8) is 0 Å². The number of aryl methyl sites for hydroxylation is 1. The Kier molecular flexibility index (Phi) is 6.30. The van der Waals surface area contributed by atoms with Crippen LogP contribution in [0.5, 0.6) is 0 Å². The first-order valence-corrected chi connectivity index (χ1v) is 12.1. The van der Waals surface area contributed by atoms with Gasteiger partial charge >= 0.3 is 0 Å². The van der Waals surface area contributed by atoms with Gasteiger partial charge in [0.25, 0.3) is 0 Å². The van der Waals surface area contributed by atoms with Gasteiger partial charge in [-0.05, 0) is 74.1 Å². The molecule has 2 atom stereocenters. The Balaban J connectivity index is 1.64. The molecule has 1 N–H and O–H groups in total. The van der Waals surface area contributed by atoms with Crippen molar-refractivity contribution in [1.82, 2.24) is 24.8 Å². The number of thiocarbonyl (C=S) groups is 1. The first-order valence-electron chi connectivity index (χ1n) is 11.0. The van der Waals surface area contributed by atoms with Crippen LogP contribution in [0.15, 0.2) is 73.1 Å². The Bertz CT molecular complexity index is 1340. The largest absolute Gasteiger partial charge is 0.352 e. The molecule has 3 aromatic heterocycles. The minimum Gasteiger partial charge on any atom is -0.352 e. The molecule has 5 nitrogen and oxygen atoms in total. The van der Waals surface area contributed by atoms with Gasteiger partial charge in [-0.25, -0.2) is 0 Å². The molecule has 172 valence electrons. The van der Waals surface area contributed by atoms with Gasteiger partial charge in [0.2, 0.25) is 0 Å². The standard InChI is InChI=1S/C26H23Cl2N5S/c1-16-14-19(17(2)33(16)22-11-7-9-20(27)23(22)28)25-24(21-10-4-6-13-30-21)31-26(34)32(25)15-18-8-3-5-12-29-18/h3-14,24-25H,15H2,1-2H3,(H,31,34)/t24-,25+/m0/s1. The summed E-state index contributed by atoms with van der Waals surface area (Å²) in [6, 6.07) is 19.6. The Morgan fingerprint density at radius 2 is 1.74 bits per heavy atom. The number of halogens is 2. The molecule has 1 aromatic carbocycles. The summed E-state index contributed by atoms with van der Waals surface area (Å²) in [7, 11) is 0. The number of rotatable bonds is 5. The second kappa shape index (κ2) is 9.37. The average Bonchev–Trinajstić information content (AvgIpc) is 3.32. The smallest absolute Gasteiger partial charge is 0.170 e. The van der Waals surface area contributed by atoms with E-state index < -0.39 is 0 Å². The molecule has 4 heterocycles. The zero-order chi connectivity index (χ0) is 23.8. The molecule has 4 aromatic rings. The first-order chi connectivity index (χ1) is 16.5. The van der Waals surface area contributed by atoms with Crippen LogP contribution < -0.4 is 5.32 Å². The van der Waals surface area contributed by atoms with Gasteiger partial charge < -0.3 is 14.8 Å². The number of hydrogen-bond donors (Lipinski definition) is 1. The molecule has 1 fully saturated rings. The number of nitrogens with one attached hydrogen (secondary N) is 1. The van der Waals surface area contributed by atoms with Gasteiger partial charge in [0, 0.05) is 23.8 Å². The lowest BCUT2D eigenvalue weighted by Gasteiger charge is -2.28. The fourth-order valence-corrected chi connectivity index (χ4v) is 5.39. The highest BCUT2D eigenvalue weighted by Gasteiger charge is 2.41. The molecule has 1 aliphatic heterocycles. The molecule has 0 amide bonds. The predicted octanol–water partition coefficient (Wildman–Crippen LogP) is 6.36. The van der Waals surface area contributed by atoms with Gasteiger partial charge in [-0.15, -0.1) is 0 Å². The van der Waals surface area contributed by atoms with E-state index in [4.69, 9.17) is 35.4 Å². The second-order valence-electron chi connectivity index (χ2n) is 8.31. The van der Waals surface area contributed by atoms with Crippen LogP contribution in [0.1, 0.15) is 40.4 Å². The maximum Gasteiger partial charge on any atom is 0.170 e. The molecule has 0 bridgehead atoms. The summed E-state index contributed by atoms with van der Waals surface area (Å²) in [4.78, 5) is 11.4. The van der Waals surface area contributed by atoms with Crippen LogP contribution >= 0.6 is 35.4 Å². The van der Waals surface area contributed by atoms with Gasteiger partial charge in [-0.1, -0.05) is 41.4 Å². The SMILES string of the molecule is Cc1cc([C@@H]2[C@H](c3ccccn3)NC(=S)N2Cc2ccccn2)c(C)n1-c1cccc(Cl)c1Cl. The quantitative estimate of drug-likeness (QED) is 0.318. The van der Waals surface area contributed by atoms with Gasteiger partial charge in [-0.3, -0.25) is 9.97 Å². The Morgan fingerprint density at radius 1 is 0.971 bits per heavy atom. The molecule has 1 aliphatic rings. The highest BCUT2D eigenvalue weighted by atomic mass is 35.5. The molecule has 0 spiro atoms. The van der Waals surface area contributed by atoms with Gasteiger partial charge in [-0.2, -0.15) is 0 Å². The normalized spacial score (nSPS) is 17.8. The van der Waals surface area contributed by atoms with Crippen molar-refractivity contribution in [2.45, 2.75) is 32.5 Å². The van der Waals surface area contributed by atoms with Crippen molar-refractivity contribution in [3.05, 3.63) is 111 Å². The van der Waals surface area contributed by atoms with Crippen LogP contribution in [0.2, 0.25) is 10.0 Å². The lowest BCUT2D eigenvalue weighted by molar-refractivity contribution is 0.307. The van der Waals surface area contributed by atoms with Crippen molar-refractivity contribution in [2.75, 3.05) is 0 Å². The van der Waals surface area contributed by atoms with Crippen LogP contribution in [0, 0.1) is 13.8 Å². The van der Waals surface area contributed by atoms with Crippen LogP contribution in [-0.4, -0.2) is 24.5 Å². The van der Waals surface area contributed by atoms with Gasteiger partial charge in [0.1, 0.15) is 0 Å². The van der Waals surface area contributed by atoms with E-state index in [0.717, 1.165) is 34.0 Å². The van der Waals surface area contributed by atoms with Crippen LogP contribution in [0.3, 0.4) is 0 Å². The van der Waals surface area contributed by atoms with Crippen molar-refractivity contribution in [2.24, 2.45) is 0 Å². The molecule has 0 unspecified atom stereocenters. The monoisotopic (exact) mass is 507 g/mol. The van der Waals surface area contributed by atoms with E-state index >= 15 is 0 Å². The zero-order valence-corrected chi connectivity index (χ0v) is 21.1. The Hall–Kier alpha value is -2.93. The van der Waals surface area contributed by atoms with E-state index in [1.165, 1.54) is 0 Å². The van der Waals surface area contributed by atoms with E-state index in [2.05, 4.69) is 44.7 Å². The van der Waals surface area contributed by atoms with Crippen molar-refractivity contribution >= 4 is 40.5 Å². The van der Waals surface area contributed by atoms with Crippen molar-refractivity contribution < 1.29 is 0 Å². The summed E-state index contributed by atoms with van der Waals surface area (Å²) in [6.07, 6.45) is 3.62. The third-order valence-corrected chi connectivity index (χ3v) is 7.38. The summed E-state index contributed by atoms with van der Waals surface area (Å²) < 4.78 is 2.15. The van der Waals surface area contributed by atoms with E-state index in [1.54, 1.807) is 12.3 Å². The van der Waals surface area contributed by atoms with E-state index in [0.29, 0.717) is 21.7 Å². The first kappa shape index (κ1) is 22.8. The number of hydrogen-bond acceptors (Lipinski definition) is 3. The third-order valence-electron chi connectivity index (χ3n) is 6.22. The molecule has 0 aliphatic carbocycles. The summed E-state index contributed by atoms with van der Waals surface area (Å²) in [5.74, 6) is 0. The topological polar surface area (TPSA) is 46.0 Å². The van der Waals surface area contributed by atoms with Crippen LogP contribution in [0.25, 0.3) is 5.69 Å². The summed E-state index contributed by atoms with van der Waals surface area (Å²) >= 11 is 18.8. The van der Waals surface area contributed by atoms with E-state index in [-0.39, 0.29) is 12.1 Å². The number of aromatic nitrogens is 3. The van der Waals surface area contributed by atoms with Gasteiger partial charge in [0.15, 0.2) is 5.11 Å². The summed E-state index contributed by atoms with van der Waals surface area (Å²) in [6.45, 7) is 4.77. The van der Waals surface area contributed by atoms with E-state index in [9.17, 15) is 0 Å². The molecule has 8 heteroatoms. The maximum atomic E-state index is 6.61. The van der Waals surface area contributed by atoms with Crippen LogP contribution in [-0.2, 0) is 6.54 Å². The number of benzene rings is 1.